The minimum Gasteiger partial charge on any atom is -0.394 e. The Labute approximate surface area is 203 Å². The summed E-state index contributed by atoms with van der Waals surface area (Å²) in [6, 6.07) is 21.0. The summed E-state index contributed by atoms with van der Waals surface area (Å²) in [5.74, 6) is 0.896. The maximum Gasteiger partial charge on any atom is 0.167 e. The van der Waals surface area contributed by atoms with Crippen molar-refractivity contribution in [2.45, 2.75) is 43.3 Å². The van der Waals surface area contributed by atoms with Crippen LogP contribution in [0.2, 0.25) is 0 Å². The van der Waals surface area contributed by atoms with Gasteiger partial charge in [0.25, 0.3) is 0 Å². The highest BCUT2D eigenvalue weighted by atomic mass is 16.6. The van der Waals surface area contributed by atoms with Crippen molar-refractivity contribution in [1.29, 1.82) is 0 Å². The maximum absolute atomic E-state index is 10.4. The highest BCUT2D eigenvalue weighted by Crippen LogP contribution is 2.32. The summed E-state index contributed by atoms with van der Waals surface area (Å²) in [6.45, 7) is 0.305. The fraction of sp³-hybridized carbons (Fsp3) is 0.346. The summed E-state index contributed by atoms with van der Waals surface area (Å²) in [4.78, 5) is 13.1. The quantitative estimate of drug-likeness (QED) is 0.272. The summed E-state index contributed by atoms with van der Waals surface area (Å²) < 4.78 is 7.19. The standard InChI is InChI=1S/C26H29N5O4/c32-14-20-22(33)23(34)26(35-20)31-16-30-21-24(28-15-29-25(21)31)27-13-7-12-19(17-8-3-1-4-9-17)18-10-5-2-6-11-18/h1-6,8-11,15-16,19-20,22-23,26,32-34H,7,12-14H2,(H,27,28,29)/t20-,22?,23?,26-/m1/s1. The van der Waals surface area contributed by atoms with Crippen LogP contribution in [-0.2, 0) is 4.74 Å². The molecular weight excluding hydrogens is 446 g/mol. The molecule has 4 N–H and O–H groups in total. The first-order valence-corrected chi connectivity index (χ1v) is 11.8. The second-order valence-corrected chi connectivity index (χ2v) is 8.72. The third-order valence-corrected chi connectivity index (χ3v) is 6.52. The first-order chi connectivity index (χ1) is 17.2. The number of imidazole rings is 1. The van der Waals surface area contributed by atoms with Crippen molar-refractivity contribution in [1.82, 2.24) is 19.5 Å². The van der Waals surface area contributed by atoms with Crippen molar-refractivity contribution in [2.24, 2.45) is 0 Å². The SMILES string of the molecule is OC[C@H]1O[C@@H](n2cnc3c(NCCCC(c4ccccc4)c4ccccc4)ncnc32)C(O)C1O. The number of nitrogens with one attached hydrogen (secondary N) is 1. The van der Waals surface area contributed by atoms with Crippen LogP contribution in [0.4, 0.5) is 5.82 Å². The first kappa shape index (κ1) is 23.4. The zero-order valence-electron chi connectivity index (χ0n) is 19.2. The normalized spacial score (nSPS) is 22.2. The van der Waals surface area contributed by atoms with Gasteiger partial charge in [-0.2, -0.15) is 0 Å². The third kappa shape index (κ3) is 4.76. The Morgan fingerprint density at radius 3 is 2.23 bits per heavy atom. The Morgan fingerprint density at radius 2 is 1.60 bits per heavy atom. The number of hydrogen-bond donors (Lipinski definition) is 4. The largest absolute Gasteiger partial charge is 0.394 e. The molecule has 0 saturated carbocycles. The summed E-state index contributed by atoms with van der Waals surface area (Å²) in [5.41, 5.74) is 3.61. The van der Waals surface area contributed by atoms with E-state index in [1.807, 2.05) is 12.1 Å². The molecule has 182 valence electrons. The van der Waals surface area contributed by atoms with Gasteiger partial charge in [0.15, 0.2) is 23.2 Å². The second-order valence-electron chi connectivity index (χ2n) is 8.72. The molecule has 5 rings (SSSR count). The molecule has 9 nitrogen and oxygen atoms in total. The molecule has 2 aromatic carbocycles. The van der Waals surface area contributed by atoms with E-state index in [-0.39, 0.29) is 0 Å². The van der Waals surface area contributed by atoms with Crippen LogP contribution in [0.3, 0.4) is 0 Å². The van der Waals surface area contributed by atoms with E-state index in [0.29, 0.717) is 29.4 Å². The van der Waals surface area contributed by atoms with Crippen molar-refractivity contribution in [3.05, 3.63) is 84.4 Å². The summed E-state index contributed by atoms with van der Waals surface area (Å²) in [6.07, 6.45) is 0.656. The number of aliphatic hydroxyl groups excluding tert-OH is 3. The number of aromatic nitrogens is 4. The third-order valence-electron chi connectivity index (χ3n) is 6.52. The van der Waals surface area contributed by atoms with E-state index in [0.717, 1.165) is 12.8 Å². The van der Waals surface area contributed by atoms with Gasteiger partial charge in [0.1, 0.15) is 24.6 Å². The Balaban J connectivity index is 1.28. The lowest BCUT2D eigenvalue weighted by Crippen LogP contribution is -2.33. The van der Waals surface area contributed by atoms with E-state index in [9.17, 15) is 15.3 Å². The zero-order valence-corrected chi connectivity index (χ0v) is 19.2. The van der Waals surface area contributed by atoms with E-state index in [1.165, 1.54) is 23.8 Å². The number of hydrogen-bond acceptors (Lipinski definition) is 8. The van der Waals surface area contributed by atoms with Crippen molar-refractivity contribution < 1.29 is 20.1 Å². The summed E-state index contributed by atoms with van der Waals surface area (Å²) in [5, 5.41) is 33.2. The summed E-state index contributed by atoms with van der Waals surface area (Å²) >= 11 is 0. The molecule has 3 heterocycles. The van der Waals surface area contributed by atoms with Gasteiger partial charge in [-0.15, -0.1) is 0 Å². The van der Waals surface area contributed by atoms with Crippen LogP contribution in [0.25, 0.3) is 11.2 Å². The van der Waals surface area contributed by atoms with Crippen LogP contribution < -0.4 is 5.32 Å². The molecule has 35 heavy (non-hydrogen) atoms. The monoisotopic (exact) mass is 475 g/mol. The van der Waals surface area contributed by atoms with Gasteiger partial charge in [0, 0.05) is 12.5 Å². The molecule has 1 aliphatic heterocycles. The number of anilines is 1. The lowest BCUT2D eigenvalue weighted by atomic mass is 9.87. The number of benzene rings is 2. The summed E-state index contributed by atoms with van der Waals surface area (Å²) in [7, 11) is 0. The van der Waals surface area contributed by atoms with Crippen LogP contribution in [0.1, 0.15) is 36.1 Å². The van der Waals surface area contributed by atoms with E-state index in [2.05, 4.69) is 68.8 Å². The number of rotatable bonds is 9. The van der Waals surface area contributed by atoms with Gasteiger partial charge in [-0.25, -0.2) is 15.0 Å². The Bertz CT molecular complexity index is 1200. The van der Waals surface area contributed by atoms with Crippen molar-refractivity contribution >= 4 is 17.0 Å². The number of aliphatic hydroxyl groups is 3. The fourth-order valence-electron chi connectivity index (χ4n) is 4.69. The second kappa shape index (κ2) is 10.5. The van der Waals surface area contributed by atoms with Crippen molar-refractivity contribution in [2.75, 3.05) is 18.5 Å². The molecule has 9 heteroatoms. The molecule has 2 aromatic heterocycles. The maximum atomic E-state index is 10.4. The highest BCUT2D eigenvalue weighted by molar-refractivity contribution is 5.82. The molecule has 2 unspecified atom stereocenters. The Hall–Kier alpha value is -3.37. The van der Waals surface area contributed by atoms with Crippen LogP contribution >= 0.6 is 0 Å². The zero-order chi connectivity index (χ0) is 24.2. The molecular formula is C26H29N5O4. The van der Waals surface area contributed by atoms with Gasteiger partial charge in [0.05, 0.1) is 12.9 Å². The molecule has 0 aliphatic carbocycles. The van der Waals surface area contributed by atoms with Gasteiger partial charge in [-0.1, -0.05) is 60.7 Å². The molecule has 1 saturated heterocycles. The van der Waals surface area contributed by atoms with Crippen LogP contribution in [0.15, 0.2) is 73.3 Å². The van der Waals surface area contributed by atoms with Gasteiger partial charge in [0.2, 0.25) is 0 Å². The number of nitrogens with zero attached hydrogens (tertiary/aromatic N) is 4. The van der Waals surface area contributed by atoms with Crippen LogP contribution in [-0.4, -0.2) is 66.3 Å². The van der Waals surface area contributed by atoms with Crippen LogP contribution in [0, 0.1) is 0 Å². The fourth-order valence-corrected chi connectivity index (χ4v) is 4.69. The van der Waals surface area contributed by atoms with E-state index < -0.39 is 31.1 Å². The first-order valence-electron chi connectivity index (χ1n) is 11.8. The Kier molecular flexibility index (Phi) is 7.01. The molecule has 4 aromatic rings. The number of ether oxygens (including phenoxy) is 1. The van der Waals surface area contributed by atoms with Crippen LogP contribution in [0.5, 0.6) is 0 Å². The van der Waals surface area contributed by atoms with E-state index in [1.54, 1.807) is 4.57 Å². The smallest absolute Gasteiger partial charge is 0.167 e. The van der Waals surface area contributed by atoms with Crippen molar-refractivity contribution in [3.8, 4) is 0 Å². The topological polar surface area (TPSA) is 126 Å². The molecule has 0 amide bonds. The van der Waals surface area contributed by atoms with Gasteiger partial charge < -0.3 is 25.4 Å². The average Bonchev–Trinajstić information content (AvgIpc) is 3.46. The van der Waals surface area contributed by atoms with Gasteiger partial charge in [-0.05, 0) is 24.0 Å². The lowest BCUT2D eigenvalue weighted by Gasteiger charge is -2.18. The molecule has 1 fully saturated rings. The predicted octanol–water partition coefficient (Wildman–Crippen LogP) is 2.46. The van der Waals surface area contributed by atoms with E-state index in [4.69, 9.17) is 4.74 Å². The van der Waals surface area contributed by atoms with Gasteiger partial charge in [-0.3, -0.25) is 4.57 Å². The Morgan fingerprint density at radius 1 is 0.914 bits per heavy atom. The minimum atomic E-state index is -1.20. The molecule has 0 radical (unpaired) electrons. The molecule has 1 aliphatic rings. The predicted molar refractivity (Wildman–Crippen MR) is 131 cm³/mol. The van der Waals surface area contributed by atoms with Crippen molar-refractivity contribution in [3.63, 3.8) is 0 Å². The van der Waals surface area contributed by atoms with Gasteiger partial charge >= 0.3 is 0 Å². The van der Waals surface area contributed by atoms with E-state index >= 15 is 0 Å². The number of fused-ring (bicyclic) bond motifs is 1. The highest BCUT2D eigenvalue weighted by Gasteiger charge is 2.44. The molecule has 0 bridgehead atoms. The average molecular weight is 476 g/mol. The molecule has 0 spiro atoms. The molecule has 4 atom stereocenters. The lowest BCUT2D eigenvalue weighted by molar-refractivity contribution is -0.0511. The minimum absolute atomic E-state index is 0.302.